The van der Waals surface area contributed by atoms with Gasteiger partial charge in [-0.05, 0) is 65.5 Å². The third-order valence-corrected chi connectivity index (χ3v) is 7.71. The smallest absolute Gasteiger partial charge is 0.261 e. The molecule has 5 nitrogen and oxygen atoms in total. The average Bonchev–Trinajstić information content (AvgIpc) is 3.27. The SMILES string of the molecule is O=C(N[C@@H]1CNCC[C@H]1c1cccc(F)c1)c1cc2c(s1)CCCn1ncc(Br)c1-2. The van der Waals surface area contributed by atoms with Crippen molar-refractivity contribution < 1.29 is 9.18 Å². The molecular weight excluding hydrogens is 467 g/mol. The van der Waals surface area contributed by atoms with Gasteiger partial charge in [-0.25, -0.2) is 4.39 Å². The van der Waals surface area contributed by atoms with E-state index in [9.17, 15) is 9.18 Å². The second kappa shape index (κ2) is 8.24. The van der Waals surface area contributed by atoms with Crippen LogP contribution in [-0.2, 0) is 13.0 Å². The van der Waals surface area contributed by atoms with Gasteiger partial charge >= 0.3 is 0 Å². The lowest BCUT2D eigenvalue weighted by molar-refractivity contribution is 0.0928. The number of hydrogen-bond donors (Lipinski definition) is 2. The maximum atomic E-state index is 13.8. The lowest BCUT2D eigenvalue weighted by Gasteiger charge is -2.33. The van der Waals surface area contributed by atoms with Crippen LogP contribution in [0.2, 0.25) is 0 Å². The van der Waals surface area contributed by atoms with Gasteiger partial charge in [0, 0.05) is 35.5 Å². The monoisotopic (exact) mass is 488 g/mol. The summed E-state index contributed by atoms with van der Waals surface area (Å²) in [4.78, 5) is 15.1. The van der Waals surface area contributed by atoms with Gasteiger partial charge in [-0.2, -0.15) is 5.10 Å². The third-order valence-electron chi connectivity index (χ3n) is 5.93. The van der Waals surface area contributed by atoms with Crippen LogP contribution in [0.4, 0.5) is 4.39 Å². The summed E-state index contributed by atoms with van der Waals surface area (Å²) >= 11 is 5.17. The van der Waals surface area contributed by atoms with Gasteiger partial charge in [0.25, 0.3) is 5.91 Å². The van der Waals surface area contributed by atoms with Crippen molar-refractivity contribution in [3.05, 3.63) is 62.1 Å². The second-order valence-corrected chi connectivity index (χ2v) is 9.84. The number of rotatable bonds is 3. The minimum Gasteiger partial charge on any atom is -0.347 e. The average molecular weight is 489 g/mol. The standard InChI is InChI=1S/C22H22BrFN4OS/c23-17-11-26-28-8-2-5-19-16(21(17)28)10-20(30-19)22(29)27-18-12-25-7-6-15(18)13-3-1-4-14(24)9-13/h1,3-4,9-11,15,18,25H,2,5-8,12H2,(H,27,29)/t15-,18+/m0/s1. The molecule has 3 aromatic rings. The van der Waals surface area contributed by atoms with Gasteiger partial charge in [0.2, 0.25) is 0 Å². The van der Waals surface area contributed by atoms with Crippen LogP contribution >= 0.6 is 27.3 Å². The number of nitrogens with zero attached hydrogens (tertiary/aromatic N) is 2. The summed E-state index contributed by atoms with van der Waals surface area (Å²) in [5.74, 6) is -0.204. The molecule has 156 valence electrons. The molecule has 0 bridgehead atoms. The maximum Gasteiger partial charge on any atom is 0.261 e. The van der Waals surface area contributed by atoms with Gasteiger partial charge in [-0.1, -0.05) is 12.1 Å². The van der Waals surface area contributed by atoms with E-state index in [1.807, 2.05) is 23.0 Å². The van der Waals surface area contributed by atoms with E-state index in [0.717, 1.165) is 53.6 Å². The molecule has 0 spiro atoms. The van der Waals surface area contributed by atoms with Crippen LogP contribution < -0.4 is 10.6 Å². The number of carbonyl (C=O) groups is 1. The Morgan fingerprint density at radius 1 is 1.37 bits per heavy atom. The van der Waals surface area contributed by atoms with Gasteiger partial charge < -0.3 is 10.6 Å². The van der Waals surface area contributed by atoms with Crippen molar-refractivity contribution in [1.29, 1.82) is 0 Å². The normalized spacial score (nSPS) is 20.9. The molecule has 2 atom stereocenters. The fraction of sp³-hybridized carbons (Fsp3) is 0.364. The first-order valence-corrected chi connectivity index (χ1v) is 11.8. The van der Waals surface area contributed by atoms with E-state index < -0.39 is 0 Å². The highest BCUT2D eigenvalue weighted by Gasteiger charge is 2.30. The Morgan fingerprint density at radius 3 is 3.13 bits per heavy atom. The Balaban J connectivity index is 1.40. The molecule has 2 N–H and O–H groups in total. The zero-order valence-corrected chi connectivity index (χ0v) is 18.7. The zero-order valence-electron chi connectivity index (χ0n) is 16.3. The van der Waals surface area contributed by atoms with E-state index in [4.69, 9.17) is 0 Å². The molecule has 0 aliphatic carbocycles. The molecule has 1 aromatic carbocycles. The Bertz CT molecular complexity index is 1090. The number of fused-ring (bicyclic) bond motifs is 3. The summed E-state index contributed by atoms with van der Waals surface area (Å²) in [5, 5.41) is 11.0. The first-order chi connectivity index (χ1) is 14.6. The topological polar surface area (TPSA) is 59.0 Å². The molecule has 0 radical (unpaired) electrons. The second-order valence-electron chi connectivity index (χ2n) is 7.85. The highest BCUT2D eigenvalue weighted by Crippen LogP contribution is 2.39. The molecule has 0 unspecified atom stereocenters. The zero-order chi connectivity index (χ0) is 20.7. The highest BCUT2D eigenvalue weighted by atomic mass is 79.9. The van der Waals surface area contributed by atoms with Gasteiger partial charge in [-0.15, -0.1) is 11.3 Å². The van der Waals surface area contributed by atoms with Crippen LogP contribution in [0.3, 0.4) is 0 Å². The minimum absolute atomic E-state index is 0.0645. The molecule has 30 heavy (non-hydrogen) atoms. The number of carbonyl (C=O) groups excluding carboxylic acids is 1. The number of piperidine rings is 1. The van der Waals surface area contributed by atoms with Crippen molar-refractivity contribution in [2.75, 3.05) is 13.1 Å². The number of thiophene rings is 1. The number of aryl methyl sites for hydroxylation is 2. The minimum atomic E-state index is -0.236. The summed E-state index contributed by atoms with van der Waals surface area (Å²) in [7, 11) is 0. The highest BCUT2D eigenvalue weighted by molar-refractivity contribution is 9.10. The van der Waals surface area contributed by atoms with E-state index in [1.54, 1.807) is 23.5 Å². The molecule has 4 heterocycles. The maximum absolute atomic E-state index is 13.8. The van der Waals surface area contributed by atoms with E-state index in [1.165, 1.54) is 10.9 Å². The van der Waals surface area contributed by atoms with Crippen molar-refractivity contribution in [2.45, 2.75) is 37.8 Å². The molecule has 1 fully saturated rings. The molecule has 2 aliphatic rings. The molecule has 0 saturated carbocycles. The van der Waals surface area contributed by atoms with E-state index >= 15 is 0 Å². The van der Waals surface area contributed by atoms with Gasteiger partial charge in [0.15, 0.2) is 0 Å². The Hall–Kier alpha value is -2.03. The summed E-state index contributed by atoms with van der Waals surface area (Å²) in [6, 6.07) is 8.65. The molecule has 1 amide bonds. The van der Waals surface area contributed by atoms with Gasteiger partial charge in [-0.3, -0.25) is 9.48 Å². The largest absolute Gasteiger partial charge is 0.347 e. The van der Waals surface area contributed by atoms with Crippen LogP contribution in [-0.4, -0.2) is 34.8 Å². The van der Waals surface area contributed by atoms with Gasteiger partial charge in [0.05, 0.1) is 21.2 Å². The summed E-state index contributed by atoms with van der Waals surface area (Å²) in [6.45, 7) is 2.42. The quantitative estimate of drug-likeness (QED) is 0.576. The Morgan fingerprint density at radius 2 is 2.27 bits per heavy atom. The van der Waals surface area contributed by atoms with Crippen molar-refractivity contribution >= 4 is 33.2 Å². The van der Waals surface area contributed by atoms with E-state index in [-0.39, 0.29) is 23.7 Å². The number of amides is 1. The molecule has 1 saturated heterocycles. The lowest BCUT2D eigenvalue weighted by Crippen LogP contribution is -2.49. The van der Waals surface area contributed by atoms with Crippen LogP contribution in [0.5, 0.6) is 0 Å². The predicted molar refractivity (Wildman–Crippen MR) is 119 cm³/mol. The molecule has 2 aliphatic heterocycles. The summed E-state index contributed by atoms with van der Waals surface area (Å²) in [5.41, 5.74) is 3.09. The number of halogens is 2. The first kappa shape index (κ1) is 19.9. The summed E-state index contributed by atoms with van der Waals surface area (Å²) in [6.07, 6.45) is 4.63. The van der Waals surface area contributed by atoms with Crippen molar-refractivity contribution in [3.63, 3.8) is 0 Å². The van der Waals surface area contributed by atoms with Gasteiger partial charge in [0.1, 0.15) is 5.82 Å². The number of aromatic nitrogens is 2. The Kier molecular flexibility index (Phi) is 5.47. The van der Waals surface area contributed by atoms with E-state index in [2.05, 4.69) is 31.7 Å². The van der Waals surface area contributed by atoms with Crippen LogP contribution in [0, 0.1) is 5.82 Å². The number of benzene rings is 1. The van der Waals surface area contributed by atoms with Crippen molar-refractivity contribution in [3.8, 4) is 11.3 Å². The van der Waals surface area contributed by atoms with Crippen LogP contribution in [0.15, 0.2) is 41.0 Å². The lowest BCUT2D eigenvalue weighted by atomic mass is 9.86. The fourth-order valence-corrected chi connectivity index (χ4v) is 6.12. The third kappa shape index (κ3) is 3.72. The number of nitrogens with one attached hydrogen (secondary N) is 2. The predicted octanol–water partition coefficient (Wildman–Crippen LogP) is 4.33. The molecule has 5 rings (SSSR count). The van der Waals surface area contributed by atoms with Crippen LogP contribution in [0.25, 0.3) is 11.3 Å². The molecular formula is C22H22BrFN4OS. The molecule has 8 heteroatoms. The first-order valence-electron chi connectivity index (χ1n) is 10.2. The van der Waals surface area contributed by atoms with Crippen molar-refractivity contribution in [2.24, 2.45) is 0 Å². The summed E-state index contributed by atoms with van der Waals surface area (Å²) < 4.78 is 16.7. The Labute approximate surface area is 186 Å². The van der Waals surface area contributed by atoms with Crippen molar-refractivity contribution in [1.82, 2.24) is 20.4 Å². The number of hydrogen-bond acceptors (Lipinski definition) is 4. The fourth-order valence-electron chi connectivity index (χ4n) is 4.50. The molecule has 2 aromatic heterocycles. The van der Waals surface area contributed by atoms with E-state index in [0.29, 0.717) is 11.4 Å². The van der Waals surface area contributed by atoms with Crippen LogP contribution in [0.1, 0.15) is 38.9 Å².